The van der Waals surface area contributed by atoms with E-state index in [0.29, 0.717) is 30.0 Å². The van der Waals surface area contributed by atoms with E-state index < -0.39 is 12.6 Å². The summed E-state index contributed by atoms with van der Waals surface area (Å²) in [7, 11) is 0. The highest BCUT2D eigenvalue weighted by Gasteiger charge is 2.46. The lowest BCUT2D eigenvalue weighted by Crippen LogP contribution is -2.33. The van der Waals surface area contributed by atoms with Crippen LogP contribution >= 0.6 is 11.6 Å². The van der Waals surface area contributed by atoms with Crippen LogP contribution < -0.4 is 0 Å². The number of benzene rings is 1. The molecule has 2 amide bonds. The monoisotopic (exact) mass is 482 g/mol. The topological polar surface area (TPSA) is 85.7 Å². The Morgan fingerprint density at radius 3 is 2.35 bits per heavy atom. The molecule has 0 radical (unpaired) electrons. The van der Waals surface area contributed by atoms with Crippen LogP contribution in [0, 0.1) is 25.7 Å². The number of fused-ring (bicyclic) bond motifs is 1. The molecule has 0 spiro atoms. The lowest BCUT2D eigenvalue weighted by Gasteiger charge is -2.14. The predicted molar refractivity (Wildman–Crippen MR) is 126 cm³/mol. The van der Waals surface area contributed by atoms with Gasteiger partial charge in [0.1, 0.15) is 0 Å². The summed E-state index contributed by atoms with van der Waals surface area (Å²) in [5, 5.41) is 0.655. The van der Waals surface area contributed by atoms with Crippen LogP contribution in [0.4, 0.5) is 0 Å². The standard InChI is InChI=1S/C26H27ClN2O5/c1-16-13-21(17(2)29(16)14-18-7-3-6-10-22(18)27)23(30)15-34-24(31)11-12-28-25(32)19-8-4-5-9-20(19)26(28)33/h3-7,10,13,19-20H,8-9,11-12,14-15H2,1-2H3. The normalized spacial score (nSPS) is 19.4. The molecule has 7 nitrogen and oxygen atoms in total. The Balaban J connectivity index is 1.32. The Hall–Kier alpha value is -3.19. The molecule has 1 saturated heterocycles. The summed E-state index contributed by atoms with van der Waals surface area (Å²) in [4.78, 5) is 51.1. The van der Waals surface area contributed by atoms with E-state index in [0.717, 1.165) is 21.9 Å². The van der Waals surface area contributed by atoms with E-state index in [9.17, 15) is 19.2 Å². The molecule has 2 aliphatic rings. The van der Waals surface area contributed by atoms with Crippen molar-refractivity contribution in [2.24, 2.45) is 11.8 Å². The first-order valence-corrected chi connectivity index (χ1v) is 11.7. The van der Waals surface area contributed by atoms with Crippen LogP contribution in [-0.2, 0) is 25.7 Å². The summed E-state index contributed by atoms with van der Waals surface area (Å²) in [5.41, 5.74) is 3.09. The molecule has 2 atom stereocenters. The van der Waals surface area contributed by atoms with Gasteiger partial charge >= 0.3 is 5.97 Å². The lowest BCUT2D eigenvalue weighted by atomic mass is 9.85. The molecular weight excluding hydrogens is 456 g/mol. The number of nitrogens with zero attached hydrogens (tertiary/aromatic N) is 2. The molecule has 1 aromatic carbocycles. The van der Waals surface area contributed by atoms with Gasteiger partial charge in [-0.05, 0) is 44.4 Å². The summed E-state index contributed by atoms with van der Waals surface area (Å²) in [5.74, 6) is -2.03. The second-order valence-corrected chi connectivity index (χ2v) is 9.19. The van der Waals surface area contributed by atoms with Crippen LogP contribution in [0.25, 0.3) is 0 Å². The predicted octanol–water partition coefficient (Wildman–Crippen LogP) is 3.87. The largest absolute Gasteiger partial charge is 0.457 e. The Morgan fingerprint density at radius 2 is 1.71 bits per heavy atom. The van der Waals surface area contributed by atoms with Gasteiger partial charge in [0, 0.05) is 35.1 Å². The van der Waals surface area contributed by atoms with Crippen molar-refractivity contribution in [1.29, 1.82) is 0 Å². The number of carbonyl (C=O) groups excluding carboxylic acids is 4. The minimum atomic E-state index is -0.619. The summed E-state index contributed by atoms with van der Waals surface area (Å²) < 4.78 is 7.16. The van der Waals surface area contributed by atoms with Crippen LogP contribution in [0.2, 0.25) is 5.02 Å². The van der Waals surface area contributed by atoms with Crippen LogP contribution in [0.5, 0.6) is 0 Å². The smallest absolute Gasteiger partial charge is 0.308 e. The first-order valence-electron chi connectivity index (χ1n) is 11.4. The van der Waals surface area contributed by atoms with Gasteiger partial charge in [-0.3, -0.25) is 24.1 Å². The van der Waals surface area contributed by atoms with E-state index in [1.54, 1.807) is 6.07 Å². The average molecular weight is 483 g/mol. The number of aryl methyl sites for hydroxylation is 1. The number of aromatic nitrogens is 1. The summed E-state index contributed by atoms with van der Waals surface area (Å²) in [6.07, 6.45) is 4.81. The van der Waals surface area contributed by atoms with Gasteiger partial charge in [-0.1, -0.05) is 42.0 Å². The fourth-order valence-corrected chi connectivity index (χ4v) is 4.91. The molecule has 0 bridgehead atoms. The van der Waals surface area contributed by atoms with E-state index in [-0.39, 0.29) is 42.4 Å². The first kappa shape index (κ1) is 24.0. The number of hydrogen-bond donors (Lipinski definition) is 0. The number of hydrogen-bond acceptors (Lipinski definition) is 5. The van der Waals surface area contributed by atoms with Gasteiger partial charge in [-0.25, -0.2) is 0 Å². The van der Waals surface area contributed by atoms with Crippen molar-refractivity contribution in [3.05, 3.63) is 70.0 Å². The fraction of sp³-hybridized carbons (Fsp3) is 0.385. The number of esters is 1. The minimum absolute atomic E-state index is 0.0238. The number of ketones is 1. The summed E-state index contributed by atoms with van der Waals surface area (Å²) in [6, 6.07) is 9.31. The van der Waals surface area contributed by atoms with E-state index in [1.165, 1.54) is 0 Å². The SMILES string of the molecule is Cc1cc(C(=O)COC(=O)CCN2C(=O)C3CC=CCC3C2=O)c(C)n1Cc1ccccc1Cl. The number of Topliss-reactive ketones (excluding diaryl/α,β-unsaturated/α-hetero) is 1. The number of likely N-dealkylation sites (tertiary alicyclic amines) is 1. The van der Waals surface area contributed by atoms with Crippen LogP contribution in [0.1, 0.15) is 46.6 Å². The van der Waals surface area contributed by atoms with Gasteiger partial charge in [-0.2, -0.15) is 0 Å². The van der Waals surface area contributed by atoms with Crippen molar-refractivity contribution in [2.45, 2.75) is 39.7 Å². The Labute approximate surface area is 203 Å². The van der Waals surface area contributed by atoms with Crippen molar-refractivity contribution < 1.29 is 23.9 Å². The molecule has 2 aromatic rings. The van der Waals surface area contributed by atoms with Crippen LogP contribution in [0.3, 0.4) is 0 Å². The molecule has 1 aliphatic carbocycles. The summed E-state index contributed by atoms with van der Waals surface area (Å²) >= 11 is 6.28. The fourth-order valence-electron chi connectivity index (χ4n) is 4.71. The highest BCUT2D eigenvalue weighted by molar-refractivity contribution is 6.31. The lowest BCUT2D eigenvalue weighted by molar-refractivity contribution is -0.145. The zero-order valence-electron chi connectivity index (χ0n) is 19.3. The van der Waals surface area contributed by atoms with Gasteiger partial charge in [0.25, 0.3) is 0 Å². The van der Waals surface area contributed by atoms with Gasteiger partial charge in [0.2, 0.25) is 17.6 Å². The Morgan fingerprint density at radius 1 is 1.06 bits per heavy atom. The molecular formula is C26H27ClN2O5. The second kappa shape index (κ2) is 9.97. The molecule has 8 heteroatoms. The van der Waals surface area contributed by atoms with E-state index in [1.807, 2.05) is 54.8 Å². The molecule has 0 N–H and O–H groups in total. The van der Waals surface area contributed by atoms with Crippen molar-refractivity contribution in [2.75, 3.05) is 13.2 Å². The molecule has 34 heavy (non-hydrogen) atoms. The summed E-state index contributed by atoms with van der Waals surface area (Å²) in [6.45, 7) is 3.86. The maximum Gasteiger partial charge on any atom is 0.308 e. The average Bonchev–Trinajstić information content (AvgIpc) is 3.25. The highest BCUT2D eigenvalue weighted by atomic mass is 35.5. The minimum Gasteiger partial charge on any atom is -0.457 e. The molecule has 2 heterocycles. The van der Waals surface area contributed by atoms with Crippen molar-refractivity contribution >= 4 is 35.2 Å². The highest BCUT2D eigenvalue weighted by Crippen LogP contribution is 2.35. The quantitative estimate of drug-likeness (QED) is 0.247. The number of ether oxygens (including phenoxy) is 1. The van der Waals surface area contributed by atoms with Gasteiger partial charge in [0.05, 0.1) is 18.3 Å². The van der Waals surface area contributed by atoms with E-state index in [2.05, 4.69) is 0 Å². The number of rotatable bonds is 8. The second-order valence-electron chi connectivity index (χ2n) is 8.78. The zero-order chi connectivity index (χ0) is 24.4. The third-order valence-corrected chi connectivity index (χ3v) is 7.03. The number of amides is 2. The van der Waals surface area contributed by atoms with Gasteiger partial charge < -0.3 is 9.30 Å². The zero-order valence-corrected chi connectivity index (χ0v) is 20.0. The number of imide groups is 1. The first-order chi connectivity index (χ1) is 16.3. The number of carbonyl (C=O) groups is 4. The van der Waals surface area contributed by atoms with Crippen LogP contribution in [-0.4, -0.2) is 46.2 Å². The third kappa shape index (κ3) is 4.71. The van der Waals surface area contributed by atoms with E-state index in [4.69, 9.17) is 16.3 Å². The number of allylic oxidation sites excluding steroid dienone is 2. The Bertz CT molecular complexity index is 1160. The molecule has 1 aliphatic heterocycles. The molecule has 1 aromatic heterocycles. The van der Waals surface area contributed by atoms with Gasteiger partial charge in [0.15, 0.2) is 6.61 Å². The van der Waals surface area contributed by atoms with Gasteiger partial charge in [-0.15, -0.1) is 0 Å². The molecule has 1 fully saturated rings. The molecule has 4 rings (SSSR count). The third-order valence-electron chi connectivity index (χ3n) is 6.66. The van der Waals surface area contributed by atoms with Crippen LogP contribution in [0.15, 0.2) is 42.5 Å². The molecule has 0 saturated carbocycles. The maximum absolute atomic E-state index is 12.7. The molecule has 178 valence electrons. The van der Waals surface area contributed by atoms with E-state index >= 15 is 0 Å². The Kier molecular flexibility index (Phi) is 7.03. The maximum atomic E-state index is 12.7. The number of halogens is 1. The van der Waals surface area contributed by atoms with Crippen molar-refractivity contribution in [3.63, 3.8) is 0 Å². The van der Waals surface area contributed by atoms with Crippen molar-refractivity contribution in [3.8, 4) is 0 Å². The van der Waals surface area contributed by atoms with Crippen molar-refractivity contribution in [1.82, 2.24) is 9.47 Å². The molecule has 2 unspecified atom stereocenters.